The summed E-state index contributed by atoms with van der Waals surface area (Å²) in [6.07, 6.45) is 6.09. The lowest BCUT2D eigenvalue weighted by atomic mass is 10.2. The van der Waals surface area contributed by atoms with Gasteiger partial charge in [0.05, 0.1) is 6.54 Å². The minimum atomic E-state index is 0. The number of likely N-dealkylation sites (N-methyl/N-ethyl adjacent to an activating group) is 1. The lowest BCUT2D eigenvalue weighted by Crippen LogP contribution is -2.43. The molecule has 126 valence electrons. The van der Waals surface area contributed by atoms with Gasteiger partial charge in [-0.25, -0.2) is 0 Å². The van der Waals surface area contributed by atoms with Gasteiger partial charge in [0.2, 0.25) is 0 Å². The monoisotopic (exact) mass is 428 g/mol. The van der Waals surface area contributed by atoms with Crippen LogP contribution in [-0.4, -0.2) is 61.1 Å². The van der Waals surface area contributed by atoms with Gasteiger partial charge in [-0.15, -0.1) is 24.0 Å². The quantitative estimate of drug-likeness (QED) is 0.354. The van der Waals surface area contributed by atoms with Crippen molar-refractivity contribution >= 4 is 41.7 Å². The molecule has 0 bridgehead atoms. The smallest absolute Gasteiger partial charge is 0.191 e. The van der Waals surface area contributed by atoms with Crippen LogP contribution in [0.25, 0.3) is 0 Å². The summed E-state index contributed by atoms with van der Waals surface area (Å²) in [6, 6.07) is 0.596. The Labute approximate surface area is 152 Å². The Morgan fingerprint density at radius 2 is 1.95 bits per heavy atom. The largest absolute Gasteiger partial charge is 0.357 e. The van der Waals surface area contributed by atoms with Gasteiger partial charge in [-0.1, -0.05) is 13.8 Å². The number of rotatable bonds is 8. The average molecular weight is 428 g/mol. The fraction of sp³-hybridized carbons (Fsp3) is 0.933. The van der Waals surface area contributed by atoms with Gasteiger partial charge in [-0.2, -0.15) is 11.8 Å². The molecule has 1 rings (SSSR count). The van der Waals surface area contributed by atoms with Crippen LogP contribution in [0.5, 0.6) is 0 Å². The highest BCUT2D eigenvalue weighted by molar-refractivity contribution is 14.0. The van der Waals surface area contributed by atoms with E-state index in [0.717, 1.165) is 43.9 Å². The van der Waals surface area contributed by atoms with Crippen molar-refractivity contribution in [3.05, 3.63) is 0 Å². The van der Waals surface area contributed by atoms with Gasteiger partial charge in [0.1, 0.15) is 0 Å². The molecule has 0 aliphatic heterocycles. The molecule has 0 aromatic rings. The molecule has 21 heavy (non-hydrogen) atoms. The highest BCUT2D eigenvalue weighted by Gasteiger charge is 2.24. The molecular weight excluding hydrogens is 395 g/mol. The van der Waals surface area contributed by atoms with E-state index < -0.39 is 0 Å². The van der Waals surface area contributed by atoms with Gasteiger partial charge >= 0.3 is 0 Å². The number of guanidine groups is 1. The van der Waals surface area contributed by atoms with E-state index in [4.69, 9.17) is 4.99 Å². The van der Waals surface area contributed by atoms with Gasteiger partial charge in [0, 0.05) is 24.4 Å². The zero-order chi connectivity index (χ0) is 14.8. The fourth-order valence-corrected chi connectivity index (χ4v) is 3.44. The zero-order valence-electron chi connectivity index (χ0n) is 14.0. The molecule has 2 atom stereocenters. The molecule has 0 amide bonds. The topological polar surface area (TPSA) is 39.7 Å². The molecule has 1 saturated carbocycles. The SMILES string of the molecule is CCNC(=NCCN(CC)CC)NC1CCC(SC)C1.I. The lowest BCUT2D eigenvalue weighted by Gasteiger charge is -2.19. The maximum absolute atomic E-state index is 4.71. The second kappa shape index (κ2) is 12.8. The summed E-state index contributed by atoms with van der Waals surface area (Å²) < 4.78 is 0. The van der Waals surface area contributed by atoms with Crippen LogP contribution >= 0.6 is 35.7 Å². The molecule has 0 saturated heterocycles. The Balaban J connectivity index is 0.00000400. The molecule has 2 unspecified atom stereocenters. The van der Waals surface area contributed by atoms with Crippen molar-refractivity contribution in [2.75, 3.05) is 39.0 Å². The maximum Gasteiger partial charge on any atom is 0.191 e. The van der Waals surface area contributed by atoms with Gasteiger partial charge < -0.3 is 15.5 Å². The summed E-state index contributed by atoms with van der Waals surface area (Å²) in [5, 5.41) is 7.79. The lowest BCUT2D eigenvalue weighted by molar-refractivity contribution is 0.313. The van der Waals surface area contributed by atoms with Gasteiger partial charge in [0.25, 0.3) is 0 Å². The molecule has 0 aromatic heterocycles. The minimum absolute atomic E-state index is 0. The Morgan fingerprint density at radius 3 is 2.48 bits per heavy atom. The summed E-state index contributed by atoms with van der Waals surface area (Å²) in [6.45, 7) is 11.6. The van der Waals surface area contributed by atoms with Crippen molar-refractivity contribution in [2.45, 2.75) is 51.3 Å². The van der Waals surface area contributed by atoms with Gasteiger partial charge in [-0.3, -0.25) is 4.99 Å². The van der Waals surface area contributed by atoms with E-state index in [9.17, 15) is 0 Å². The zero-order valence-corrected chi connectivity index (χ0v) is 17.2. The number of aliphatic imine (C=N–C) groups is 1. The van der Waals surface area contributed by atoms with Crippen molar-refractivity contribution < 1.29 is 0 Å². The number of nitrogens with zero attached hydrogens (tertiary/aromatic N) is 2. The first-order chi connectivity index (χ1) is 9.73. The van der Waals surface area contributed by atoms with Crippen LogP contribution in [0.4, 0.5) is 0 Å². The van der Waals surface area contributed by atoms with Crippen molar-refractivity contribution in [1.29, 1.82) is 0 Å². The Morgan fingerprint density at radius 1 is 1.24 bits per heavy atom. The second-order valence-corrected chi connectivity index (χ2v) is 6.44. The van der Waals surface area contributed by atoms with E-state index in [0.29, 0.717) is 6.04 Å². The van der Waals surface area contributed by atoms with E-state index in [-0.39, 0.29) is 24.0 Å². The predicted molar refractivity (Wildman–Crippen MR) is 107 cm³/mol. The normalized spacial score (nSPS) is 22.2. The highest BCUT2D eigenvalue weighted by atomic mass is 127. The maximum atomic E-state index is 4.71. The molecule has 0 radical (unpaired) electrons. The first kappa shape index (κ1) is 21.3. The van der Waals surface area contributed by atoms with Crippen LogP contribution in [0.2, 0.25) is 0 Å². The minimum Gasteiger partial charge on any atom is -0.357 e. The van der Waals surface area contributed by atoms with E-state index in [1.54, 1.807) is 0 Å². The third-order valence-corrected chi connectivity index (χ3v) is 5.08. The molecule has 1 aliphatic carbocycles. The standard InChI is InChI=1S/C15H32N4S.HI/c1-5-16-15(17-10-11-19(6-2)7-3)18-13-8-9-14(12-13)20-4;/h13-14H,5-12H2,1-4H3,(H2,16,17,18);1H. The molecule has 6 heteroatoms. The molecule has 4 nitrogen and oxygen atoms in total. The first-order valence-corrected chi connectivity index (χ1v) is 9.32. The number of thioether (sulfide) groups is 1. The Bertz CT molecular complexity index is 285. The highest BCUT2D eigenvalue weighted by Crippen LogP contribution is 2.27. The summed E-state index contributed by atoms with van der Waals surface area (Å²) >= 11 is 2.00. The number of halogens is 1. The van der Waals surface area contributed by atoms with Crippen molar-refractivity contribution in [3.8, 4) is 0 Å². The summed E-state index contributed by atoms with van der Waals surface area (Å²) in [5.41, 5.74) is 0. The summed E-state index contributed by atoms with van der Waals surface area (Å²) in [7, 11) is 0. The molecule has 0 aromatic carbocycles. The molecule has 1 fully saturated rings. The van der Waals surface area contributed by atoms with Crippen LogP contribution in [0, 0.1) is 0 Å². The third-order valence-electron chi connectivity index (χ3n) is 3.98. The van der Waals surface area contributed by atoms with Crippen LogP contribution in [0.3, 0.4) is 0 Å². The molecule has 2 N–H and O–H groups in total. The van der Waals surface area contributed by atoms with Gasteiger partial charge in [0.15, 0.2) is 5.96 Å². The molecule has 0 spiro atoms. The Kier molecular flexibility index (Phi) is 13.0. The predicted octanol–water partition coefficient (Wildman–Crippen LogP) is 2.79. The van der Waals surface area contributed by atoms with E-state index in [1.807, 2.05) is 11.8 Å². The summed E-state index contributed by atoms with van der Waals surface area (Å²) in [5.74, 6) is 0.992. The first-order valence-electron chi connectivity index (χ1n) is 8.03. The number of hydrogen-bond acceptors (Lipinski definition) is 3. The Hall–Kier alpha value is 0.310. The van der Waals surface area contributed by atoms with Crippen LogP contribution in [0.1, 0.15) is 40.0 Å². The number of nitrogens with one attached hydrogen (secondary N) is 2. The van der Waals surface area contributed by atoms with E-state index in [2.05, 4.69) is 42.6 Å². The van der Waals surface area contributed by atoms with Crippen molar-refractivity contribution in [2.24, 2.45) is 4.99 Å². The average Bonchev–Trinajstić information content (AvgIpc) is 2.91. The van der Waals surface area contributed by atoms with Gasteiger partial charge in [-0.05, 0) is 45.5 Å². The van der Waals surface area contributed by atoms with Crippen LogP contribution < -0.4 is 10.6 Å². The molecule has 1 aliphatic rings. The van der Waals surface area contributed by atoms with E-state index >= 15 is 0 Å². The third kappa shape index (κ3) is 8.50. The van der Waals surface area contributed by atoms with Crippen molar-refractivity contribution in [3.63, 3.8) is 0 Å². The van der Waals surface area contributed by atoms with E-state index in [1.165, 1.54) is 19.3 Å². The molecular formula is C15H33IN4S. The molecule has 0 heterocycles. The van der Waals surface area contributed by atoms with Crippen LogP contribution in [-0.2, 0) is 0 Å². The number of hydrogen-bond donors (Lipinski definition) is 2. The summed E-state index contributed by atoms with van der Waals surface area (Å²) in [4.78, 5) is 7.12. The van der Waals surface area contributed by atoms with Crippen molar-refractivity contribution in [1.82, 2.24) is 15.5 Å². The fourth-order valence-electron chi connectivity index (χ4n) is 2.64. The second-order valence-electron chi connectivity index (χ2n) is 5.30. The van der Waals surface area contributed by atoms with Crippen LogP contribution in [0.15, 0.2) is 4.99 Å².